The first-order chi connectivity index (χ1) is 5.79. The molecule has 1 saturated heterocycles. The zero-order chi connectivity index (χ0) is 8.55. The van der Waals surface area contributed by atoms with Crippen LogP contribution in [0.4, 0.5) is 0 Å². The number of rotatable bonds is 2. The van der Waals surface area contributed by atoms with Gasteiger partial charge in [0.05, 0.1) is 6.10 Å². The van der Waals surface area contributed by atoms with Crippen LogP contribution in [-0.2, 0) is 4.74 Å². The summed E-state index contributed by atoms with van der Waals surface area (Å²) in [5.74, 6) is 0.692. The summed E-state index contributed by atoms with van der Waals surface area (Å²) in [6.07, 6.45) is 8.75. The molecule has 1 aliphatic carbocycles. The highest BCUT2D eigenvalue weighted by Gasteiger charge is 2.43. The molecule has 68 valence electrons. The van der Waals surface area contributed by atoms with Gasteiger partial charge >= 0.3 is 0 Å². The maximum Gasteiger partial charge on any atom is 0.105 e. The van der Waals surface area contributed by atoms with Gasteiger partial charge in [0.1, 0.15) is 6.10 Å². The molecule has 1 heteroatoms. The van der Waals surface area contributed by atoms with Crippen LogP contribution in [0.3, 0.4) is 0 Å². The predicted octanol–water partition coefficient (Wildman–Crippen LogP) is 2.91. The van der Waals surface area contributed by atoms with Gasteiger partial charge in [0.15, 0.2) is 0 Å². The van der Waals surface area contributed by atoms with Crippen LogP contribution in [0.2, 0.25) is 0 Å². The lowest BCUT2D eigenvalue weighted by Gasteiger charge is -2.10. The van der Waals surface area contributed by atoms with E-state index < -0.39 is 0 Å². The van der Waals surface area contributed by atoms with Crippen molar-refractivity contribution in [1.29, 1.82) is 0 Å². The van der Waals surface area contributed by atoms with E-state index in [1.165, 1.54) is 25.7 Å². The van der Waals surface area contributed by atoms with Crippen molar-refractivity contribution in [3.63, 3.8) is 0 Å². The fraction of sp³-hybridized carbons (Fsp3) is 0.818. The van der Waals surface area contributed by atoms with Crippen LogP contribution in [0.5, 0.6) is 0 Å². The van der Waals surface area contributed by atoms with E-state index in [0.29, 0.717) is 18.1 Å². The predicted molar refractivity (Wildman–Crippen MR) is 50.1 cm³/mol. The molecular weight excluding hydrogens is 148 g/mol. The average molecular weight is 166 g/mol. The molecule has 1 fully saturated rings. The van der Waals surface area contributed by atoms with E-state index in [1.807, 2.05) is 0 Å². The molecule has 2 aliphatic rings. The monoisotopic (exact) mass is 166 g/mol. The molecule has 1 nitrogen and oxygen atoms in total. The first kappa shape index (κ1) is 8.31. The van der Waals surface area contributed by atoms with Crippen molar-refractivity contribution in [3.8, 4) is 0 Å². The largest absolute Gasteiger partial charge is 0.365 e. The summed E-state index contributed by atoms with van der Waals surface area (Å²) in [6, 6.07) is 0. The quantitative estimate of drug-likeness (QED) is 0.454. The molecule has 0 radical (unpaired) electrons. The van der Waals surface area contributed by atoms with Gasteiger partial charge in [-0.3, -0.25) is 0 Å². The standard InChI is InChI=1S/C11H18O/c1-8(2)10-11(12-10)9-6-4-3-5-7-9/h6,8,10-11H,3-5,7H2,1-2H3/t10-,11+/m1/s1. The Morgan fingerprint density at radius 2 is 2.25 bits per heavy atom. The number of hydrogen-bond donors (Lipinski definition) is 0. The van der Waals surface area contributed by atoms with Gasteiger partial charge in [-0.05, 0) is 37.2 Å². The van der Waals surface area contributed by atoms with Crippen LogP contribution in [0, 0.1) is 5.92 Å². The minimum atomic E-state index is 0.505. The lowest BCUT2D eigenvalue weighted by atomic mass is 9.93. The molecule has 1 heterocycles. The summed E-state index contributed by atoms with van der Waals surface area (Å²) in [7, 11) is 0. The van der Waals surface area contributed by atoms with Crippen LogP contribution >= 0.6 is 0 Å². The SMILES string of the molecule is CC(C)[C@H]1O[C@H]1C1=CCCCC1. The summed E-state index contributed by atoms with van der Waals surface area (Å²) in [5.41, 5.74) is 1.58. The van der Waals surface area contributed by atoms with E-state index in [0.717, 1.165) is 0 Å². The number of epoxide rings is 1. The Hall–Kier alpha value is -0.300. The molecule has 0 aromatic heterocycles. The zero-order valence-corrected chi connectivity index (χ0v) is 8.05. The third-order valence-corrected chi connectivity index (χ3v) is 2.87. The van der Waals surface area contributed by atoms with Crippen molar-refractivity contribution in [2.45, 2.75) is 51.7 Å². The highest BCUT2D eigenvalue weighted by atomic mass is 16.6. The number of ether oxygens (including phenoxy) is 1. The van der Waals surface area contributed by atoms with Gasteiger partial charge in [0, 0.05) is 0 Å². The van der Waals surface area contributed by atoms with Crippen molar-refractivity contribution < 1.29 is 4.74 Å². The number of allylic oxidation sites excluding steroid dienone is 1. The normalized spacial score (nSPS) is 35.1. The zero-order valence-electron chi connectivity index (χ0n) is 8.05. The highest BCUT2D eigenvalue weighted by molar-refractivity contribution is 5.19. The maximum absolute atomic E-state index is 5.65. The van der Waals surface area contributed by atoms with Crippen LogP contribution in [-0.4, -0.2) is 12.2 Å². The molecule has 0 amide bonds. The van der Waals surface area contributed by atoms with E-state index in [1.54, 1.807) is 5.57 Å². The van der Waals surface area contributed by atoms with Gasteiger partial charge in [0.2, 0.25) is 0 Å². The van der Waals surface area contributed by atoms with Gasteiger partial charge in [-0.2, -0.15) is 0 Å². The maximum atomic E-state index is 5.65. The molecule has 0 aromatic carbocycles. The van der Waals surface area contributed by atoms with Gasteiger partial charge in [-0.15, -0.1) is 0 Å². The Labute approximate surface area is 74.8 Å². The molecule has 12 heavy (non-hydrogen) atoms. The van der Waals surface area contributed by atoms with E-state index in [-0.39, 0.29) is 0 Å². The van der Waals surface area contributed by atoms with Crippen LogP contribution in [0.25, 0.3) is 0 Å². The van der Waals surface area contributed by atoms with Crippen LogP contribution in [0.1, 0.15) is 39.5 Å². The molecule has 0 unspecified atom stereocenters. The molecule has 0 saturated carbocycles. The summed E-state index contributed by atoms with van der Waals surface area (Å²) >= 11 is 0. The van der Waals surface area contributed by atoms with Gasteiger partial charge in [0.25, 0.3) is 0 Å². The fourth-order valence-corrected chi connectivity index (χ4v) is 2.05. The van der Waals surface area contributed by atoms with Gasteiger partial charge in [-0.25, -0.2) is 0 Å². The molecule has 0 aromatic rings. The lowest BCUT2D eigenvalue weighted by Crippen LogP contribution is -2.06. The second-order valence-corrected chi connectivity index (χ2v) is 4.29. The summed E-state index contributed by atoms with van der Waals surface area (Å²) in [5, 5.41) is 0. The molecule has 0 spiro atoms. The van der Waals surface area contributed by atoms with E-state index >= 15 is 0 Å². The second kappa shape index (κ2) is 3.21. The molecule has 0 N–H and O–H groups in total. The van der Waals surface area contributed by atoms with Gasteiger partial charge in [-0.1, -0.05) is 19.9 Å². The minimum Gasteiger partial charge on any atom is -0.365 e. The average Bonchev–Trinajstić information content (AvgIpc) is 2.84. The Morgan fingerprint density at radius 1 is 1.42 bits per heavy atom. The molecule has 0 bridgehead atoms. The molecular formula is C11H18O. The summed E-state index contributed by atoms with van der Waals surface area (Å²) < 4.78 is 5.65. The summed E-state index contributed by atoms with van der Waals surface area (Å²) in [4.78, 5) is 0. The van der Waals surface area contributed by atoms with Crippen molar-refractivity contribution in [1.82, 2.24) is 0 Å². The third-order valence-electron chi connectivity index (χ3n) is 2.87. The first-order valence-corrected chi connectivity index (χ1v) is 5.13. The summed E-state index contributed by atoms with van der Waals surface area (Å²) in [6.45, 7) is 4.49. The third kappa shape index (κ3) is 1.56. The molecule has 1 aliphatic heterocycles. The molecule has 2 atom stereocenters. The Balaban J connectivity index is 1.91. The highest BCUT2D eigenvalue weighted by Crippen LogP contribution is 2.38. The lowest BCUT2D eigenvalue weighted by molar-refractivity contribution is 0.340. The smallest absolute Gasteiger partial charge is 0.105 e. The van der Waals surface area contributed by atoms with E-state index in [9.17, 15) is 0 Å². The van der Waals surface area contributed by atoms with E-state index in [4.69, 9.17) is 4.74 Å². The number of hydrogen-bond acceptors (Lipinski definition) is 1. The minimum absolute atomic E-state index is 0.505. The Kier molecular flexibility index (Phi) is 2.22. The van der Waals surface area contributed by atoms with Crippen molar-refractivity contribution >= 4 is 0 Å². The van der Waals surface area contributed by atoms with Crippen molar-refractivity contribution in [2.24, 2.45) is 5.92 Å². The first-order valence-electron chi connectivity index (χ1n) is 5.13. The van der Waals surface area contributed by atoms with Crippen molar-refractivity contribution in [3.05, 3.63) is 11.6 Å². The topological polar surface area (TPSA) is 12.5 Å². The van der Waals surface area contributed by atoms with Gasteiger partial charge < -0.3 is 4.74 Å². The Bertz CT molecular complexity index is 193. The second-order valence-electron chi connectivity index (χ2n) is 4.29. The fourth-order valence-electron chi connectivity index (χ4n) is 2.05. The van der Waals surface area contributed by atoms with Crippen LogP contribution in [0.15, 0.2) is 11.6 Å². The van der Waals surface area contributed by atoms with Crippen molar-refractivity contribution in [2.75, 3.05) is 0 Å². The van der Waals surface area contributed by atoms with E-state index in [2.05, 4.69) is 19.9 Å². The van der Waals surface area contributed by atoms with Crippen LogP contribution < -0.4 is 0 Å². The Morgan fingerprint density at radius 3 is 2.75 bits per heavy atom. The molecule has 2 rings (SSSR count).